The first kappa shape index (κ1) is 18.1. The van der Waals surface area contributed by atoms with E-state index in [-0.39, 0.29) is 12.1 Å². The summed E-state index contributed by atoms with van der Waals surface area (Å²) in [6.07, 6.45) is 3.50. The third-order valence-electron chi connectivity index (χ3n) is 5.44. The molecule has 0 saturated carbocycles. The first-order chi connectivity index (χ1) is 14.3. The summed E-state index contributed by atoms with van der Waals surface area (Å²) in [4.78, 5) is 9.01. The Bertz CT molecular complexity index is 956. The van der Waals surface area contributed by atoms with Crippen LogP contribution >= 0.6 is 12.2 Å². The van der Waals surface area contributed by atoms with Gasteiger partial charge >= 0.3 is 0 Å². The van der Waals surface area contributed by atoms with Gasteiger partial charge < -0.3 is 24.3 Å². The molecule has 1 N–H and O–H groups in total. The van der Waals surface area contributed by atoms with E-state index in [1.54, 1.807) is 12.5 Å². The highest BCUT2D eigenvalue weighted by Gasteiger charge is 2.42. The van der Waals surface area contributed by atoms with Crippen molar-refractivity contribution in [3.05, 3.63) is 78.5 Å². The first-order valence-electron chi connectivity index (χ1n) is 9.78. The van der Waals surface area contributed by atoms with Gasteiger partial charge in [0.15, 0.2) is 5.11 Å². The molecule has 2 aromatic heterocycles. The molecule has 2 atom stereocenters. The molecule has 0 bridgehead atoms. The predicted octanol–water partition coefficient (Wildman–Crippen LogP) is 3.69. The number of thiocarbonyl (C=S) groups is 1. The lowest BCUT2D eigenvalue weighted by Gasteiger charge is -2.30. The van der Waals surface area contributed by atoms with Crippen molar-refractivity contribution < 1.29 is 9.15 Å². The summed E-state index contributed by atoms with van der Waals surface area (Å²) >= 11 is 5.73. The van der Waals surface area contributed by atoms with Crippen LogP contribution in [0.3, 0.4) is 0 Å². The van der Waals surface area contributed by atoms with Gasteiger partial charge in [0, 0.05) is 30.7 Å². The summed E-state index contributed by atoms with van der Waals surface area (Å²) in [5, 5.41) is 4.11. The van der Waals surface area contributed by atoms with E-state index < -0.39 is 0 Å². The summed E-state index contributed by atoms with van der Waals surface area (Å²) < 4.78 is 11.3. The molecular formula is C22H22N4O2S. The number of aromatic nitrogens is 1. The van der Waals surface area contributed by atoms with E-state index in [2.05, 4.69) is 44.4 Å². The van der Waals surface area contributed by atoms with Gasteiger partial charge in [0.1, 0.15) is 11.8 Å². The van der Waals surface area contributed by atoms with Crippen LogP contribution in [-0.2, 0) is 4.74 Å². The minimum absolute atomic E-state index is 0.0891. The molecule has 7 heteroatoms. The van der Waals surface area contributed by atoms with Gasteiger partial charge in [-0.2, -0.15) is 0 Å². The molecule has 2 aliphatic rings. The van der Waals surface area contributed by atoms with Crippen molar-refractivity contribution in [3.63, 3.8) is 0 Å². The highest BCUT2D eigenvalue weighted by Crippen LogP contribution is 2.41. The van der Waals surface area contributed by atoms with Gasteiger partial charge in [-0.3, -0.25) is 4.98 Å². The van der Waals surface area contributed by atoms with Gasteiger partial charge in [-0.15, -0.1) is 0 Å². The Morgan fingerprint density at radius 1 is 0.966 bits per heavy atom. The number of benzene rings is 1. The number of anilines is 2. The molecule has 2 aliphatic heterocycles. The maximum absolute atomic E-state index is 5.80. The van der Waals surface area contributed by atoms with Crippen molar-refractivity contribution in [1.82, 2.24) is 10.3 Å². The average Bonchev–Trinajstić information content (AvgIpc) is 3.43. The molecule has 0 radical (unpaired) electrons. The Hall–Kier alpha value is -2.90. The SMILES string of the molecule is S=C1NC(c2ccccn2)C(c2ccco2)N1c1ccc(N2CCOCC2)cc1. The van der Waals surface area contributed by atoms with Crippen LogP contribution in [0.4, 0.5) is 11.4 Å². The van der Waals surface area contributed by atoms with E-state index >= 15 is 0 Å². The Balaban J connectivity index is 1.48. The predicted molar refractivity (Wildman–Crippen MR) is 116 cm³/mol. The van der Waals surface area contributed by atoms with Crippen LogP contribution in [0.15, 0.2) is 71.5 Å². The van der Waals surface area contributed by atoms with E-state index in [0.717, 1.165) is 43.4 Å². The first-order valence-corrected chi connectivity index (χ1v) is 10.2. The van der Waals surface area contributed by atoms with Crippen LogP contribution in [-0.4, -0.2) is 36.4 Å². The van der Waals surface area contributed by atoms with Gasteiger partial charge in [0.25, 0.3) is 0 Å². The third kappa shape index (κ3) is 3.47. The van der Waals surface area contributed by atoms with Crippen molar-refractivity contribution in [1.29, 1.82) is 0 Å². The Morgan fingerprint density at radius 3 is 2.45 bits per heavy atom. The number of nitrogens with zero attached hydrogens (tertiary/aromatic N) is 3. The quantitative estimate of drug-likeness (QED) is 0.663. The normalized spacial score (nSPS) is 22.0. The van der Waals surface area contributed by atoms with Gasteiger partial charge in [0.05, 0.1) is 31.2 Å². The summed E-state index contributed by atoms with van der Waals surface area (Å²) in [5.41, 5.74) is 3.16. The van der Waals surface area contributed by atoms with Gasteiger partial charge in [-0.1, -0.05) is 6.07 Å². The monoisotopic (exact) mass is 406 g/mol. The molecular weight excluding hydrogens is 384 g/mol. The fraction of sp³-hybridized carbons (Fsp3) is 0.273. The standard InChI is InChI=1S/C22H22N4O2S/c29-22-24-20(18-4-1-2-10-23-18)21(19-5-3-13-28-19)26(22)17-8-6-16(7-9-17)25-11-14-27-15-12-25/h1-10,13,20-21H,11-12,14-15H2,(H,24,29). The zero-order valence-corrected chi connectivity index (χ0v) is 16.7. The lowest BCUT2D eigenvalue weighted by Crippen LogP contribution is -2.36. The van der Waals surface area contributed by atoms with Crippen LogP contribution in [0.5, 0.6) is 0 Å². The molecule has 1 aromatic carbocycles. The lowest BCUT2D eigenvalue weighted by molar-refractivity contribution is 0.122. The van der Waals surface area contributed by atoms with Crippen molar-refractivity contribution in [2.45, 2.75) is 12.1 Å². The zero-order valence-electron chi connectivity index (χ0n) is 15.9. The molecule has 3 aromatic rings. The lowest BCUT2D eigenvalue weighted by atomic mass is 10.0. The molecule has 148 valence electrons. The molecule has 6 nitrogen and oxygen atoms in total. The highest BCUT2D eigenvalue weighted by atomic mass is 32.1. The molecule has 0 aliphatic carbocycles. The number of furan rings is 1. The number of hydrogen-bond acceptors (Lipinski definition) is 5. The molecule has 0 spiro atoms. The van der Waals surface area contributed by atoms with E-state index in [1.807, 2.05) is 30.3 Å². The molecule has 29 heavy (non-hydrogen) atoms. The second kappa shape index (κ2) is 7.85. The number of hydrogen-bond donors (Lipinski definition) is 1. The number of ether oxygens (including phenoxy) is 1. The molecule has 2 unspecified atom stereocenters. The average molecular weight is 407 g/mol. The molecule has 5 rings (SSSR count). The summed E-state index contributed by atoms with van der Waals surface area (Å²) in [7, 11) is 0. The molecule has 0 amide bonds. The fourth-order valence-corrected chi connectivity index (χ4v) is 4.37. The summed E-state index contributed by atoms with van der Waals surface area (Å²) in [5.74, 6) is 0.852. The molecule has 2 fully saturated rings. The molecule has 4 heterocycles. The third-order valence-corrected chi connectivity index (χ3v) is 5.75. The maximum Gasteiger partial charge on any atom is 0.174 e. The molecule has 2 saturated heterocycles. The van der Waals surface area contributed by atoms with E-state index in [9.17, 15) is 0 Å². The highest BCUT2D eigenvalue weighted by molar-refractivity contribution is 7.80. The van der Waals surface area contributed by atoms with Gasteiger partial charge in [-0.05, 0) is 60.7 Å². The minimum atomic E-state index is -0.110. The van der Waals surface area contributed by atoms with Crippen molar-refractivity contribution in [2.24, 2.45) is 0 Å². The van der Waals surface area contributed by atoms with E-state index in [0.29, 0.717) is 5.11 Å². The van der Waals surface area contributed by atoms with E-state index in [1.165, 1.54) is 5.69 Å². The Kier molecular flexibility index (Phi) is 4.91. The van der Waals surface area contributed by atoms with E-state index in [4.69, 9.17) is 21.4 Å². The zero-order chi connectivity index (χ0) is 19.6. The smallest absolute Gasteiger partial charge is 0.174 e. The van der Waals surface area contributed by atoms with Crippen LogP contribution < -0.4 is 15.1 Å². The van der Waals surface area contributed by atoms with Gasteiger partial charge in [0.2, 0.25) is 0 Å². The summed E-state index contributed by atoms with van der Waals surface area (Å²) in [6, 6.07) is 18.2. The van der Waals surface area contributed by atoms with Gasteiger partial charge in [-0.25, -0.2) is 0 Å². The summed E-state index contributed by atoms with van der Waals surface area (Å²) in [6.45, 7) is 3.38. The van der Waals surface area contributed by atoms with Crippen molar-refractivity contribution in [2.75, 3.05) is 36.1 Å². The van der Waals surface area contributed by atoms with Crippen LogP contribution in [0.25, 0.3) is 0 Å². The van der Waals surface area contributed by atoms with Crippen molar-refractivity contribution in [3.8, 4) is 0 Å². The fourth-order valence-electron chi connectivity index (χ4n) is 4.03. The van der Waals surface area contributed by atoms with Crippen LogP contribution in [0.2, 0.25) is 0 Å². The number of pyridine rings is 1. The second-order valence-electron chi connectivity index (χ2n) is 7.13. The number of morpholine rings is 1. The number of nitrogens with one attached hydrogen (secondary N) is 1. The Labute approximate surface area is 175 Å². The largest absolute Gasteiger partial charge is 0.467 e. The minimum Gasteiger partial charge on any atom is -0.467 e. The van der Waals surface area contributed by atoms with Crippen LogP contribution in [0, 0.1) is 0 Å². The number of rotatable bonds is 4. The topological polar surface area (TPSA) is 53.8 Å². The maximum atomic E-state index is 5.80. The van der Waals surface area contributed by atoms with Crippen LogP contribution in [0.1, 0.15) is 23.5 Å². The Morgan fingerprint density at radius 2 is 1.76 bits per heavy atom. The second-order valence-corrected chi connectivity index (χ2v) is 7.51. The van der Waals surface area contributed by atoms with Crippen molar-refractivity contribution >= 4 is 28.7 Å².